The summed E-state index contributed by atoms with van der Waals surface area (Å²) in [5.41, 5.74) is 1.79. The van der Waals surface area contributed by atoms with Crippen LogP contribution in [-0.2, 0) is 14.3 Å². The minimum Gasteiger partial charge on any atom is -0.496 e. The Morgan fingerprint density at radius 1 is 1.21 bits per heavy atom. The molecule has 2 aromatic rings. The van der Waals surface area contributed by atoms with E-state index in [2.05, 4.69) is 4.90 Å². The first-order chi connectivity index (χ1) is 16.6. The number of hydrogen-bond acceptors (Lipinski definition) is 7. The van der Waals surface area contributed by atoms with E-state index in [0.29, 0.717) is 32.6 Å². The van der Waals surface area contributed by atoms with E-state index in [-0.39, 0.29) is 24.4 Å². The molecule has 34 heavy (non-hydrogen) atoms. The second-order valence-corrected chi connectivity index (χ2v) is 9.29. The lowest BCUT2D eigenvalue weighted by molar-refractivity contribution is -0.141. The highest BCUT2D eigenvalue weighted by Gasteiger charge is 2.36. The number of ether oxygens (including phenoxy) is 2. The van der Waals surface area contributed by atoms with Crippen LogP contribution in [0.2, 0.25) is 0 Å². The molecule has 2 amide bonds. The van der Waals surface area contributed by atoms with Gasteiger partial charge in [-0.3, -0.25) is 14.5 Å². The van der Waals surface area contributed by atoms with E-state index < -0.39 is 0 Å². The number of nitrogens with zero attached hydrogens (tertiary/aromatic N) is 4. The van der Waals surface area contributed by atoms with Crippen LogP contribution in [0.15, 0.2) is 46.9 Å². The smallest absolute Gasteiger partial charge is 0.262 e. The summed E-state index contributed by atoms with van der Waals surface area (Å²) in [7, 11) is 1.63. The molecule has 1 aromatic carbocycles. The molecule has 182 valence electrons. The van der Waals surface area contributed by atoms with Crippen molar-refractivity contribution >= 4 is 28.9 Å². The molecule has 0 saturated carbocycles. The van der Waals surface area contributed by atoms with Crippen LogP contribution in [0.4, 0.5) is 0 Å². The van der Waals surface area contributed by atoms with E-state index in [1.165, 1.54) is 0 Å². The fourth-order valence-electron chi connectivity index (χ4n) is 4.35. The molecule has 1 atom stereocenters. The van der Waals surface area contributed by atoms with Crippen molar-refractivity contribution in [1.29, 1.82) is 0 Å². The summed E-state index contributed by atoms with van der Waals surface area (Å²) in [5, 5.41) is 8.30. The van der Waals surface area contributed by atoms with E-state index >= 15 is 0 Å². The lowest BCUT2D eigenvalue weighted by Gasteiger charge is -2.31. The van der Waals surface area contributed by atoms with Crippen molar-refractivity contribution in [3.8, 4) is 5.75 Å². The first-order valence-corrected chi connectivity index (χ1v) is 12.6. The maximum Gasteiger partial charge on any atom is 0.262 e. The number of para-hydroxylation sites is 1. The normalized spacial score (nSPS) is 18.6. The Balaban J connectivity index is 1.54. The van der Waals surface area contributed by atoms with Crippen LogP contribution in [0, 0.1) is 0 Å². The van der Waals surface area contributed by atoms with Crippen LogP contribution in [0.5, 0.6) is 5.75 Å². The lowest BCUT2D eigenvalue weighted by Crippen LogP contribution is -2.46. The Labute approximate surface area is 204 Å². The molecule has 1 saturated heterocycles. The predicted octanol–water partition coefficient (Wildman–Crippen LogP) is 3.01. The molecular formula is C25H32N4O4S. The van der Waals surface area contributed by atoms with Crippen LogP contribution in [0.25, 0.3) is 0 Å². The Morgan fingerprint density at radius 2 is 2.00 bits per heavy atom. The fourth-order valence-corrected chi connectivity index (χ4v) is 5.08. The van der Waals surface area contributed by atoms with E-state index in [1.54, 1.807) is 28.4 Å². The Bertz CT molecular complexity index is 1000. The van der Waals surface area contributed by atoms with Gasteiger partial charge < -0.3 is 14.4 Å². The molecule has 0 aliphatic carbocycles. The van der Waals surface area contributed by atoms with Crippen LogP contribution >= 0.6 is 11.3 Å². The average molecular weight is 485 g/mol. The van der Waals surface area contributed by atoms with Gasteiger partial charge in [0, 0.05) is 44.6 Å². The third-order valence-corrected chi connectivity index (χ3v) is 7.16. The third kappa shape index (κ3) is 5.65. The zero-order valence-corrected chi connectivity index (χ0v) is 20.6. The van der Waals surface area contributed by atoms with E-state index in [4.69, 9.17) is 14.6 Å². The van der Waals surface area contributed by atoms with Crippen molar-refractivity contribution in [2.24, 2.45) is 5.10 Å². The van der Waals surface area contributed by atoms with Crippen molar-refractivity contribution in [3.63, 3.8) is 0 Å². The number of carbonyl (C=O) groups excluding carboxylic acids is 2. The molecule has 0 N–H and O–H groups in total. The summed E-state index contributed by atoms with van der Waals surface area (Å²) < 4.78 is 11.0. The van der Waals surface area contributed by atoms with Gasteiger partial charge in [-0.25, -0.2) is 5.01 Å². The van der Waals surface area contributed by atoms with Crippen molar-refractivity contribution in [1.82, 2.24) is 14.8 Å². The van der Waals surface area contributed by atoms with Crippen molar-refractivity contribution in [2.75, 3.05) is 53.0 Å². The number of rotatable bonds is 9. The molecule has 2 aliphatic rings. The van der Waals surface area contributed by atoms with Gasteiger partial charge in [0.25, 0.3) is 5.91 Å². The zero-order chi connectivity index (χ0) is 23.9. The van der Waals surface area contributed by atoms with Crippen LogP contribution < -0.4 is 4.74 Å². The number of hydrazone groups is 1. The van der Waals surface area contributed by atoms with E-state index in [1.807, 2.05) is 48.7 Å². The molecule has 0 spiro atoms. The monoisotopic (exact) mass is 484 g/mol. The number of morpholine rings is 1. The largest absolute Gasteiger partial charge is 0.496 e. The zero-order valence-electron chi connectivity index (χ0n) is 19.8. The minimum absolute atomic E-state index is 0.00385. The Hall–Kier alpha value is -2.75. The van der Waals surface area contributed by atoms with Gasteiger partial charge in [0.05, 0.1) is 37.0 Å². The molecule has 4 rings (SSSR count). The van der Waals surface area contributed by atoms with Gasteiger partial charge in [-0.1, -0.05) is 31.2 Å². The summed E-state index contributed by atoms with van der Waals surface area (Å²) in [4.78, 5) is 31.3. The Morgan fingerprint density at radius 3 is 2.71 bits per heavy atom. The SMILES string of the molecule is CCC(=O)N(CCN1CCOCC1)CC(=O)N1N=C(c2cccs2)C[C@@H]1c1ccccc1OC. The molecule has 1 fully saturated rings. The number of benzene rings is 1. The molecule has 9 heteroatoms. The molecule has 3 heterocycles. The topological polar surface area (TPSA) is 74.7 Å². The number of methoxy groups -OCH3 is 1. The van der Waals surface area contributed by atoms with Crippen LogP contribution in [-0.4, -0.2) is 85.4 Å². The number of carbonyl (C=O) groups is 2. The number of hydrogen-bond donors (Lipinski definition) is 0. The molecular weight excluding hydrogens is 452 g/mol. The molecule has 1 aromatic heterocycles. The van der Waals surface area contributed by atoms with Gasteiger partial charge >= 0.3 is 0 Å². The summed E-state index contributed by atoms with van der Waals surface area (Å²) in [6, 6.07) is 11.5. The molecule has 2 aliphatic heterocycles. The average Bonchev–Trinajstić information content (AvgIpc) is 3.57. The minimum atomic E-state index is -0.279. The first-order valence-electron chi connectivity index (χ1n) is 11.7. The van der Waals surface area contributed by atoms with Crippen molar-refractivity contribution < 1.29 is 19.1 Å². The standard InChI is InChI=1S/C25H32N4O4S/c1-3-24(30)28(11-10-27-12-14-33-15-13-27)18-25(31)29-21(19-7-4-5-8-22(19)32-2)17-20(26-29)23-9-6-16-34-23/h4-9,16,21H,3,10-15,17-18H2,1-2H3/t21-/m1/s1. The summed E-state index contributed by atoms with van der Waals surface area (Å²) in [5.74, 6) is 0.505. The predicted molar refractivity (Wildman–Crippen MR) is 132 cm³/mol. The summed E-state index contributed by atoms with van der Waals surface area (Å²) >= 11 is 1.61. The fraction of sp³-hybridized carbons (Fsp3) is 0.480. The van der Waals surface area contributed by atoms with Gasteiger partial charge in [0.1, 0.15) is 12.3 Å². The van der Waals surface area contributed by atoms with Crippen molar-refractivity contribution in [2.45, 2.75) is 25.8 Å². The van der Waals surface area contributed by atoms with E-state index in [9.17, 15) is 9.59 Å². The van der Waals surface area contributed by atoms with Gasteiger partial charge in [-0.2, -0.15) is 5.10 Å². The van der Waals surface area contributed by atoms with Crippen LogP contribution in [0.1, 0.15) is 36.2 Å². The maximum absolute atomic E-state index is 13.6. The molecule has 0 radical (unpaired) electrons. The highest BCUT2D eigenvalue weighted by atomic mass is 32.1. The van der Waals surface area contributed by atoms with E-state index in [0.717, 1.165) is 41.5 Å². The summed E-state index contributed by atoms with van der Waals surface area (Å²) in [6.07, 6.45) is 0.957. The summed E-state index contributed by atoms with van der Waals surface area (Å²) in [6.45, 7) is 6.16. The van der Waals surface area contributed by atoms with Crippen molar-refractivity contribution in [3.05, 3.63) is 52.2 Å². The van der Waals surface area contributed by atoms with Crippen LogP contribution in [0.3, 0.4) is 0 Å². The lowest BCUT2D eigenvalue weighted by atomic mass is 10.00. The van der Waals surface area contributed by atoms with Gasteiger partial charge in [-0.05, 0) is 17.5 Å². The van der Waals surface area contributed by atoms with Gasteiger partial charge in [0.15, 0.2) is 0 Å². The molecule has 8 nitrogen and oxygen atoms in total. The van der Waals surface area contributed by atoms with Gasteiger partial charge in [-0.15, -0.1) is 11.3 Å². The number of amides is 2. The Kier molecular flexibility index (Phi) is 8.31. The second kappa shape index (κ2) is 11.6. The second-order valence-electron chi connectivity index (χ2n) is 8.35. The molecule has 0 unspecified atom stereocenters. The first kappa shape index (κ1) is 24.4. The maximum atomic E-state index is 13.6. The molecule has 0 bridgehead atoms. The van der Waals surface area contributed by atoms with Gasteiger partial charge in [0.2, 0.25) is 5.91 Å². The highest BCUT2D eigenvalue weighted by Crippen LogP contribution is 2.38. The third-order valence-electron chi connectivity index (χ3n) is 6.24. The highest BCUT2D eigenvalue weighted by molar-refractivity contribution is 7.12. The number of thiophene rings is 1. The quantitative estimate of drug-likeness (QED) is 0.547.